The summed E-state index contributed by atoms with van der Waals surface area (Å²) in [5.41, 5.74) is 3.10. The van der Waals surface area contributed by atoms with Crippen LogP contribution in [0.5, 0.6) is 5.75 Å². The first-order chi connectivity index (χ1) is 16.2. The zero-order valence-electron chi connectivity index (χ0n) is 18.4. The molecule has 0 atom stereocenters. The van der Waals surface area contributed by atoms with Crippen LogP contribution >= 0.6 is 0 Å². The lowest BCUT2D eigenvalue weighted by Crippen LogP contribution is -2.49. The van der Waals surface area contributed by atoms with Gasteiger partial charge >= 0.3 is 0 Å². The molecule has 1 aromatic heterocycles. The molecule has 5 nitrogen and oxygen atoms in total. The van der Waals surface area contributed by atoms with Crippen LogP contribution in [0.1, 0.15) is 10.4 Å². The highest BCUT2D eigenvalue weighted by Crippen LogP contribution is 2.30. The second-order valence-corrected chi connectivity index (χ2v) is 8.00. The minimum Gasteiger partial charge on any atom is -0.495 e. The van der Waals surface area contributed by atoms with Crippen molar-refractivity contribution in [3.05, 3.63) is 90.2 Å². The van der Waals surface area contributed by atoms with Gasteiger partial charge in [-0.05, 0) is 36.4 Å². The Morgan fingerprint density at radius 2 is 1.61 bits per heavy atom. The topological polar surface area (TPSA) is 45.7 Å². The summed E-state index contributed by atoms with van der Waals surface area (Å²) in [4.78, 5) is 22.3. The van der Waals surface area contributed by atoms with Crippen molar-refractivity contribution in [2.24, 2.45) is 0 Å². The van der Waals surface area contributed by atoms with Crippen LogP contribution in [0.3, 0.4) is 0 Å². The maximum absolute atomic E-state index is 14.5. The number of pyridine rings is 1. The standard InChI is InChI=1S/C27H24FN3O2/c1-33-26-13-7-6-12-25(26)30-14-16-31(17-15-30)27(32)21-18-24(20-9-2-4-10-22(20)28)29-23-11-5-3-8-19(21)23/h2-13,18H,14-17H2,1H3. The second-order valence-electron chi connectivity index (χ2n) is 8.00. The largest absolute Gasteiger partial charge is 0.495 e. The Kier molecular flexibility index (Phi) is 5.65. The number of hydrogen-bond donors (Lipinski definition) is 0. The van der Waals surface area contributed by atoms with Crippen LogP contribution in [0, 0.1) is 5.82 Å². The van der Waals surface area contributed by atoms with E-state index in [2.05, 4.69) is 9.88 Å². The summed E-state index contributed by atoms with van der Waals surface area (Å²) in [7, 11) is 1.67. The van der Waals surface area contributed by atoms with E-state index in [1.54, 1.807) is 31.4 Å². The number of hydrogen-bond acceptors (Lipinski definition) is 4. The van der Waals surface area contributed by atoms with Gasteiger partial charge in [-0.2, -0.15) is 0 Å². The van der Waals surface area contributed by atoms with Crippen LogP contribution < -0.4 is 9.64 Å². The number of benzene rings is 3. The highest BCUT2D eigenvalue weighted by molar-refractivity contribution is 6.07. The van der Waals surface area contributed by atoms with E-state index in [1.165, 1.54) is 6.07 Å². The van der Waals surface area contributed by atoms with E-state index in [0.29, 0.717) is 48.5 Å². The Balaban J connectivity index is 1.45. The monoisotopic (exact) mass is 441 g/mol. The Labute approximate surface area is 192 Å². The summed E-state index contributed by atoms with van der Waals surface area (Å²) in [5.74, 6) is 0.405. The molecule has 0 N–H and O–H groups in total. The molecule has 0 radical (unpaired) electrons. The van der Waals surface area contributed by atoms with E-state index in [4.69, 9.17) is 4.74 Å². The third-order valence-electron chi connectivity index (χ3n) is 6.09. The summed E-state index contributed by atoms with van der Waals surface area (Å²) in [6.45, 7) is 2.58. The van der Waals surface area contributed by atoms with Crippen molar-refractivity contribution in [2.45, 2.75) is 0 Å². The van der Waals surface area contributed by atoms with Gasteiger partial charge in [0.1, 0.15) is 11.6 Å². The quantitative estimate of drug-likeness (QED) is 0.447. The highest BCUT2D eigenvalue weighted by Gasteiger charge is 2.25. The van der Waals surface area contributed by atoms with E-state index in [9.17, 15) is 9.18 Å². The van der Waals surface area contributed by atoms with E-state index >= 15 is 0 Å². The van der Waals surface area contributed by atoms with Gasteiger partial charge < -0.3 is 14.5 Å². The number of methoxy groups -OCH3 is 1. The molecule has 0 spiro atoms. The lowest BCUT2D eigenvalue weighted by molar-refractivity contribution is 0.0748. The Morgan fingerprint density at radius 3 is 2.39 bits per heavy atom. The molecule has 3 aromatic carbocycles. The number of piperazine rings is 1. The zero-order chi connectivity index (χ0) is 22.8. The molecular formula is C27H24FN3O2. The maximum Gasteiger partial charge on any atom is 0.254 e. The molecule has 1 saturated heterocycles. The summed E-state index contributed by atoms with van der Waals surface area (Å²) >= 11 is 0. The summed E-state index contributed by atoms with van der Waals surface area (Å²) < 4.78 is 20.0. The van der Waals surface area contributed by atoms with Crippen molar-refractivity contribution in [1.82, 2.24) is 9.88 Å². The average Bonchev–Trinajstić information content (AvgIpc) is 2.88. The van der Waals surface area contributed by atoms with Gasteiger partial charge in [0.05, 0.1) is 29.6 Å². The minimum atomic E-state index is -0.357. The van der Waals surface area contributed by atoms with Gasteiger partial charge in [-0.1, -0.05) is 42.5 Å². The van der Waals surface area contributed by atoms with E-state index in [-0.39, 0.29) is 11.7 Å². The smallest absolute Gasteiger partial charge is 0.254 e. The van der Waals surface area contributed by atoms with Crippen LogP contribution in [0.4, 0.5) is 10.1 Å². The van der Waals surface area contributed by atoms with Crippen molar-refractivity contribution in [3.8, 4) is 17.0 Å². The van der Waals surface area contributed by atoms with Crippen molar-refractivity contribution in [3.63, 3.8) is 0 Å². The number of halogens is 1. The van der Waals surface area contributed by atoms with Crippen LogP contribution in [0.15, 0.2) is 78.9 Å². The van der Waals surface area contributed by atoms with Crippen molar-refractivity contribution in [1.29, 1.82) is 0 Å². The average molecular weight is 442 g/mol. The fourth-order valence-corrected chi connectivity index (χ4v) is 4.37. The van der Waals surface area contributed by atoms with Crippen molar-refractivity contribution < 1.29 is 13.9 Å². The third-order valence-corrected chi connectivity index (χ3v) is 6.09. The molecule has 1 aliphatic heterocycles. The molecule has 2 heterocycles. The summed E-state index contributed by atoms with van der Waals surface area (Å²) in [6, 6.07) is 23.7. The molecule has 4 aromatic rings. The highest BCUT2D eigenvalue weighted by atomic mass is 19.1. The van der Waals surface area contributed by atoms with Gasteiger partial charge in [0.15, 0.2) is 0 Å². The molecule has 166 valence electrons. The normalized spacial score (nSPS) is 13.9. The molecule has 0 aliphatic carbocycles. The second kappa shape index (κ2) is 8.90. The molecule has 1 aliphatic rings. The molecule has 5 rings (SSSR count). The van der Waals surface area contributed by atoms with Gasteiger partial charge in [-0.3, -0.25) is 4.79 Å². The number of amides is 1. The fraction of sp³-hybridized carbons (Fsp3) is 0.185. The maximum atomic E-state index is 14.5. The SMILES string of the molecule is COc1ccccc1N1CCN(C(=O)c2cc(-c3ccccc3F)nc3ccccc23)CC1. The number of anilines is 1. The number of rotatable bonds is 4. The van der Waals surface area contributed by atoms with Crippen LogP contribution in [-0.4, -0.2) is 49.1 Å². The lowest BCUT2D eigenvalue weighted by atomic mass is 10.0. The van der Waals surface area contributed by atoms with Crippen LogP contribution in [0.2, 0.25) is 0 Å². The molecule has 1 fully saturated rings. The molecule has 0 bridgehead atoms. The molecule has 1 amide bonds. The predicted molar refractivity (Wildman–Crippen MR) is 128 cm³/mol. The summed E-state index contributed by atoms with van der Waals surface area (Å²) in [6.07, 6.45) is 0. The van der Waals surface area contributed by atoms with E-state index in [0.717, 1.165) is 16.8 Å². The number of fused-ring (bicyclic) bond motifs is 1. The number of para-hydroxylation sites is 3. The molecule has 0 saturated carbocycles. The van der Waals surface area contributed by atoms with E-state index in [1.807, 2.05) is 53.4 Å². The molecule has 33 heavy (non-hydrogen) atoms. The lowest BCUT2D eigenvalue weighted by Gasteiger charge is -2.36. The van der Waals surface area contributed by atoms with Crippen LogP contribution in [0.25, 0.3) is 22.2 Å². The van der Waals surface area contributed by atoms with Crippen molar-refractivity contribution in [2.75, 3.05) is 38.2 Å². The molecule has 6 heteroatoms. The molecule has 0 unspecified atom stereocenters. The Bertz CT molecular complexity index is 1320. The van der Waals surface area contributed by atoms with Gasteiger partial charge in [-0.15, -0.1) is 0 Å². The first-order valence-electron chi connectivity index (χ1n) is 11.0. The van der Waals surface area contributed by atoms with Crippen LogP contribution in [-0.2, 0) is 0 Å². The third kappa shape index (κ3) is 4.00. The predicted octanol–water partition coefficient (Wildman–Crippen LogP) is 5.01. The Hall–Kier alpha value is -3.93. The van der Waals surface area contributed by atoms with E-state index < -0.39 is 0 Å². The van der Waals surface area contributed by atoms with Gasteiger partial charge in [-0.25, -0.2) is 9.37 Å². The number of carbonyl (C=O) groups excluding carboxylic acids is 1. The number of aromatic nitrogens is 1. The van der Waals surface area contributed by atoms with Gasteiger partial charge in [0.2, 0.25) is 0 Å². The number of carbonyl (C=O) groups is 1. The fourth-order valence-electron chi connectivity index (χ4n) is 4.37. The Morgan fingerprint density at radius 1 is 0.909 bits per heavy atom. The zero-order valence-corrected chi connectivity index (χ0v) is 18.4. The first-order valence-corrected chi connectivity index (χ1v) is 11.0. The minimum absolute atomic E-state index is 0.0640. The number of ether oxygens (including phenoxy) is 1. The van der Waals surface area contributed by atoms with Gasteiger partial charge in [0.25, 0.3) is 5.91 Å². The van der Waals surface area contributed by atoms with Gasteiger partial charge in [0, 0.05) is 37.1 Å². The first kappa shape index (κ1) is 20.9. The summed E-state index contributed by atoms with van der Waals surface area (Å²) in [5, 5.41) is 0.773. The van der Waals surface area contributed by atoms with Crippen molar-refractivity contribution >= 4 is 22.5 Å². The molecular weight excluding hydrogens is 417 g/mol. The number of nitrogens with zero attached hydrogens (tertiary/aromatic N) is 3.